The van der Waals surface area contributed by atoms with E-state index in [0.29, 0.717) is 23.7 Å². The molecule has 2 fully saturated rings. The maximum absolute atomic E-state index is 13.9. The van der Waals surface area contributed by atoms with Crippen LogP contribution in [0, 0.1) is 17.3 Å². The van der Waals surface area contributed by atoms with Crippen molar-refractivity contribution < 1.29 is 34.1 Å². The van der Waals surface area contributed by atoms with Gasteiger partial charge in [-0.1, -0.05) is 26.8 Å². The van der Waals surface area contributed by atoms with Crippen LogP contribution in [-0.2, 0) is 38.3 Å². The Labute approximate surface area is 320 Å². The maximum Gasteiger partial charge on any atom is 0.408 e. The summed E-state index contributed by atoms with van der Waals surface area (Å²) < 4.78 is 13.4. The van der Waals surface area contributed by atoms with Gasteiger partial charge in [-0.3, -0.25) is 19.6 Å². The number of alkyl carbamates (subject to hydrolysis) is 1. The van der Waals surface area contributed by atoms with Crippen LogP contribution < -0.4 is 10.7 Å². The largest absolute Gasteiger partial charge is 0.480 e. The van der Waals surface area contributed by atoms with Crippen molar-refractivity contribution in [2.24, 2.45) is 17.3 Å². The minimum Gasteiger partial charge on any atom is -0.480 e. The Hall–Kier alpha value is -4.37. The molecule has 14 heteroatoms. The van der Waals surface area contributed by atoms with Crippen LogP contribution in [0.25, 0.3) is 27.9 Å². The maximum atomic E-state index is 13.9. The van der Waals surface area contributed by atoms with Crippen LogP contribution >= 0.6 is 11.3 Å². The van der Waals surface area contributed by atoms with Crippen LogP contribution in [-0.4, -0.2) is 85.5 Å². The van der Waals surface area contributed by atoms with Gasteiger partial charge in [-0.15, -0.1) is 11.3 Å². The SMILES string of the molecule is CCc1c(-c2cccnc2[C@H](C)OC)c(CC(C)(C)CO)c2cc(-c3csc(C[C@H](NC(=O)OC(C)(C)C)C(=O)N4CC5CC5[C@@H](C(=O)O)N4)n3)ccn12. The Kier molecular flexibility index (Phi) is 11.2. The molecule has 1 saturated heterocycles. The molecule has 0 radical (unpaired) electrons. The van der Waals surface area contributed by atoms with Gasteiger partial charge in [-0.2, -0.15) is 0 Å². The van der Waals surface area contributed by atoms with Crippen LogP contribution in [0.4, 0.5) is 4.79 Å². The van der Waals surface area contributed by atoms with Gasteiger partial charge in [0.15, 0.2) is 0 Å². The summed E-state index contributed by atoms with van der Waals surface area (Å²) in [5, 5.41) is 26.8. The zero-order valence-electron chi connectivity index (χ0n) is 32.3. The summed E-state index contributed by atoms with van der Waals surface area (Å²) >= 11 is 1.38. The average molecular weight is 761 g/mol. The fourth-order valence-electron chi connectivity index (χ4n) is 7.37. The van der Waals surface area contributed by atoms with Gasteiger partial charge in [-0.05, 0) is 88.0 Å². The number of carbonyl (C=O) groups is 3. The number of aromatic nitrogens is 3. The van der Waals surface area contributed by atoms with Crippen molar-refractivity contribution in [3.05, 3.63) is 64.0 Å². The lowest BCUT2D eigenvalue weighted by Gasteiger charge is -2.34. The molecule has 1 aliphatic carbocycles. The van der Waals surface area contributed by atoms with Gasteiger partial charge in [-0.25, -0.2) is 15.2 Å². The number of aryl methyl sites for hydroxylation is 1. The van der Waals surface area contributed by atoms with Crippen molar-refractivity contribution in [3.63, 3.8) is 0 Å². The summed E-state index contributed by atoms with van der Waals surface area (Å²) in [6.07, 6.45) is 5.05. The number of hydrogen-bond acceptors (Lipinski definition) is 10. The molecule has 4 aromatic rings. The normalized spacial score (nSPS) is 19.6. The number of aliphatic hydroxyl groups excluding tert-OH is 1. The standard InChI is InChI=1S/C40H52N6O7S/c1-9-30-33(25-11-10-13-41-34(25)22(2)52-8)27(18-40(6,7)21-47)31-16-23(12-14-45(30)31)29-20-54-32(42-29)17-28(43-38(51)53-39(3,4)5)36(48)46-19-24-15-26(24)35(44-46)37(49)50/h10-14,16,20,22,24,26,28,35,44,47H,9,15,17-19,21H2,1-8H3,(H,43,51)(H,49,50)/t22-,24?,26?,28-,35-/m0/s1. The summed E-state index contributed by atoms with van der Waals surface area (Å²) in [4.78, 5) is 48.5. The topological polar surface area (TPSA) is 168 Å². The van der Waals surface area contributed by atoms with Gasteiger partial charge in [0.25, 0.3) is 5.91 Å². The number of hydrazine groups is 1. The smallest absolute Gasteiger partial charge is 0.408 e. The molecule has 2 unspecified atom stereocenters. The number of pyridine rings is 2. The fourth-order valence-corrected chi connectivity index (χ4v) is 8.23. The van der Waals surface area contributed by atoms with E-state index in [2.05, 4.69) is 54.2 Å². The molecule has 2 amide bonds. The van der Waals surface area contributed by atoms with Crippen molar-refractivity contribution in [2.75, 3.05) is 20.3 Å². The molecule has 5 atom stereocenters. The lowest BCUT2D eigenvalue weighted by atomic mass is 9.83. The minimum atomic E-state index is -1.05. The van der Waals surface area contributed by atoms with Crippen LogP contribution in [0.1, 0.15) is 82.9 Å². The molecule has 0 spiro atoms. The second-order valence-electron chi connectivity index (χ2n) is 16.2. The van der Waals surface area contributed by atoms with Gasteiger partial charge >= 0.3 is 12.1 Å². The quantitative estimate of drug-likeness (QED) is 0.130. The highest BCUT2D eigenvalue weighted by Crippen LogP contribution is 2.45. The number of carboxylic acid groups (broad SMARTS) is 1. The zero-order chi connectivity index (χ0) is 39.1. The number of thiazole rings is 1. The molecule has 4 aromatic heterocycles. The fraction of sp³-hybridized carbons (Fsp3) is 0.525. The lowest BCUT2D eigenvalue weighted by Crippen LogP contribution is -2.61. The van der Waals surface area contributed by atoms with E-state index in [1.54, 1.807) is 34.1 Å². The highest BCUT2D eigenvalue weighted by Gasteiger charge is 2.52. The molecule has 4 N–H and O–H groups in total. The van der Waals surface area contributed by atoms with Crippen LogP contribution in [0.3, 0.4) is 0 Å². The summed E-state index contributed by atoms with van der Waals surface area (Å²) in [6.45, 7) is 13.8. The first-order valence-electron chi connectivity index (χ1n) is 18.5. The molecular weight excluding hydrogens is 709 g/mol. The summed E-state index contributed by atoms with van der Waals surface area (Å²) in [5.74, 6) is -1.36. The van der Waals surface area contributed by atoms with E-state index < -0.39 is 41.1 Å². The third kappa shape index (κ3) is 8.31. The molecule has 0 aromatic carbocycles. The number of methoxy groups -OCH3 is 1. The number of aliphatic carboxylic acids is 1. The third-order valence-electron chi connectivity index (χ3n) is 10.3. The molecule has 290 valence electrons. The average Bonchev–Trinajstić information content (AvgIpc) is 3.66. The molecule has 6 rings (SSSR count). The van der Waals surface area contributed by atoms with Gasteiger partial charge in [0.1, 0.15) is 17.7 Å². The van der Waals surface area contributed by atoms with E-state index >= 15 is 0 Å². The highest BCUT2D eigenvalue weighted by atomic mass is 32.1. The Morgan fingerprint density at radius 1 is 1.19 bits per heavy atom. The molecule has 2 aliphatic rings. The van der Waals surface area contributed by atoms with Crippen molar-refractivity contribution >= 4 is 34.8 Å². The number of aliphatic hydroxyl groups is 1. The zero-order valence-corrected chi connectivity index (χ0v) is 33.1. The highest BCUT2D eigenvalue weighted by molar-refractivity contribution is 7.10. The van der Waals surface area contributed by atoms with E-state index in [9.17, 15) is 24.6 Å². The third-order valence-corrected chi connectivity index (χ3v) is 11.1. The second kappa shape index (κ2) is 15.4. The summed E-state index contributed by atoms with van der Waals surface area (Å²) in [6, 6.07) is 6.26. The van der Waals surface area contributed by atoms with Crippen LogP contribution in [0.2, 0.25) is 0 Å². The van der Waals surface area contributed by atoms with Gasteiger partial charge in [0.05, 0.1) is 22.5 Å². The first-order valence-corrected chi connectivity index (χ1v) is 19.4. The van der Waals surface area contributed by atoms with Crippen molar-refractivity contribution in [2.45, 2.75) is 97.9 Å². The molecule has 13 nitrogen and oxygen atoms in total. The number of nitrogens with one attached hydrogen (secondary N) is 2. The molecule has 0 bridgehead atoms. The molecule has 1 saturated carbocycles. The van der Waals surface area contributed by atoms with E-state index in [-0.39, 0.29) is 31.0 Å². The number of hydrogen-bond donors (Lipinski definition) is 4. The number of fused-ring (bicyclic) bond motifs is 2. The molecule has 54 heavy (non-hydrogen) atoms. The van der Waals surface area contributed by atoms with Crippen LogP contribution in [0.5, 0.6) is 0 Å². The molecular formula is C40H52N6O7S. The van der Waals surface area contributed by atoms with Gasteiger partial charge in [0, 0.05) is 72.4 Å². The monoisotopic (exact) mass is 760 g/mol. The van der Waals surface area contributed by atoms with E-state index in [4.69, 9.17) is 19.4 Å². The number of carboxylic acids is 1. The Bertz CT molecular complexity index is 2030. The Morgan fingerprint density at radius 3 is 2.61 bits per heavy atom. The van der Waals surface area contributed by atoms with Crippen molar-refractivity contribution in [3.8, 4) is 22.4 Å². The van der Waals surface area contributed by atoms with E-state index in [0.717, 1.165) is 52.0 Å². The van der Waals surface area contributed by atoms with E-state index in [1.807, 2.05) is 24.4 Å². The first-order chi connectivity index (χ1) is 25.5. The van der Waals surface area contributed by atoms with Crippen LogP contribution in [0.15, 0.2) is 42.0 Å². The van der Waals surface area contributed by atoms with Gasteiger partial charge in [0.2, 0.25) is 0 Å². The number of ether oxygens (including phenoxy) is 2. The Balaban J connectivity index is 1.36. The number of rotatable bonds is 13. The number of carbonyl (C=O) groups excluding carboxylic acids is 2. The molecule has 5 heterocycles. The number of nitrogens with zero attached hydrogens (tertiary/aromatic N) is 4. The van der Waals surface area contributed by atoms with Gasteiger partial charge < -0.3 is 29.4 Å². The van der Waals surface area contributed by atoms with E-state index in [1.165, 1.54) is 16.3 Å². The summed E-state index contributed by atoms with van der Waals surface area (Å²) in [5.41, 5.74) is 9.44. The summed E-state index contributed by atoms with van der Waals surface area (Å²) in [7, 11) is 1.68. The molecule has 1 aliphatic heterocycles. The Morgan fingerprint density at radius 2 is 1.94 bits per heavy atom. The van der Waals surface area contributed by atoms with Crippen molar-refractivity contribution in [1.29, 1.82) is 0 Å². The lowest BCUT2D eigenvalue weighted by molar-refractivity contribution is -0.148. The van der Waals surface area contributed by atoms with Crippen molar-refractivity contribution in [1.82, 2.24) is 30.1 Å². The minimum absolute atomic E-state index is 0.0108. The first kappa shape index (κ1) is 39.3. The number of amides is 2. The predicted octanol–water partition coefficient (Wildman–Crippen LogP) is 5.83. The second-order valence-corrected chi connectivity index (χ2v) is 17.2. The predicted molar refractivity (Wildman–Crippen MR) is 206 cm³/mol.